The molecule has 2 unspecified atom stereocenters. The number of carboxylic acid groups (broad SMARTS) is 1. The molecule has 0 saturated carbocycles. The summed E-state index contributed by atoms with van der Waals surface area (Å²) in [7, 11) is 0. The number of hydrogen-bond donors (Lipinski definition) is 3. The minimum absolute atomic E-state index is 0.169. The first kappa shape index (κ1) is 12.9. The maximum Gasteiger partial charge on any atom is 0.311 e. The molecule has 0 aromatic heterocycles. The molecule has 0 aromatic rings. The van der Waals surface area contributed by atoms with Gasteiger partial charge in [-0.15, -0.1) is 0 Å². The summed E-state index contributed by atoms with van der Waals surface area (Å²) in [6.45, 7) is 3.45. The van der Waals surface area contributed by atoms with Gasteiger partial charge in [-0.3, -0.25) is 9.59 Å². The van der Waals surface area contributed by atoms with E-state index in [0.717, 1.165) is 13.0 Å². The summed E-state index contributed by atoms with van der Waals surface area (Å²) < 4.78 is 5.04. The van der Waals surface area contributed by atoms with Crippen molar-refractivity contribution in [1.82, 2.24) is 10.6 Å². The van der Waals surface area contributed by atoms with Crippen LogP contribution in [0.3, 0.4) is 0 Å². The van der Waals surface area contributed by atoms with Crippen LogP contribution in [0.5, 0.6) is 0 Å². The number of hydrogen-bond acceptors (Lipinski definition) is 4. The van der Waals surface area contributed by atoms with E-state index in [1.165, 1.54) is 0 Å². The third-order valence-electron chi connectivity index (χ3n) is 2.46. The number of nitrogens with one attached hydrogen (secondary N) is 2. The molecular weight excluding hydrogens is 212 g/mol. The minimum atomic E-state index is -0.927. The second-order valence-electron chi connectivity index (χ2n) is 3.83. The van der Waals surface area contributed by atoms with Crippen molar-refractivity contribution in [2.45, 2.75) is 19.4 Å². The fourth-order valence-corrected chi connectivity index (χ4v) is 1.58. The molecule has 0 radical (unpaired) electrons. The molecular formula is C10H18N2O4. The van der Waals surface area contributed by atoms with Gasteiger partial charge in [-0.25, -0.2) is 0 Å². The molecule has 1 aliphatic heterocycles. The number of ether oxygens (including phenoxy) is 1. The van der Waals surface area contributed by atoms with Gasteiger partial charge in [-0.05, 0) is 13.0 Å². The first-order valence-corrected chi connectivity index (χ1v) is 5.45. The summed E-state index contributed by atoms with van der Waals surface area (Å²) in [5.74, 6) is -1.74. The quantitative estimate of drug-likeness (QED) is 0.520. The fourth-order valence-electron chi connectivity index (χ4n) is 1.58. The zero-order chi connectivity index (χ0) is 12.0. The Morgan fingerprint density at radius 1 is 1.44 bits per heavy atom. The second kappa shape index (κ2) is 6.44. The lowest BCUT2D eigenvalue weighted by Gasteiger charge is -2.15. The van der Waals surface area contributed by atoms with Gasteiger partial charge in [-0.1, -0.05) is 6.92 Å². The van der Waals surface area contributed by atoms with E-state index in [9.17, 15) is 9.59 Å². The Kier molecular flexibility index (Phi) is 5.21. The van der Waals surface area contributed by atoms with Crippen molar-refractivity contribution >= 4 is 11.9 Å². The number of carbonyl (C=O) groups excluding carboxylic acids is 1. The van der Waals surface area contributed by atoms with Crippen LogP contribution in [0.4, 0.5) is 0 Å². The highest BCUT2D eigenvalue weighted by Gasteiger charge is 2.34. The summed E-state index contributed by atoms with van der Waals surface area (Å²) in [6, 6.07) is -0.409. The van der Waals surface area contributed by atoms with E-state index in [0.29, 0.717) is 0 Å². The van der Waals surface area contributed by atoms with Gasteiger partial charge in [0.2, 0.25) is 5.91 Å². The first-order valence-electron chi connectivity index (χ1n) is 5.45. The maximum atomic E-state index is 11.4. The van der Waals surface area contributed by atoms with Crippen molar-refractivity contribution in [3.63, 3.8) is 0 Å². The Bertz CT molecular complexity index is 257. The van der Waals surface area contributed by atoms with Crippen LogP contribution in [-0.4, -0.2) is 49.3 Å². The molecule has 2 atom stereocenters. The van der Waals surface area contributed by atoms with Crippen molar-refractivity contribution in [2.24, 2.45) is 5.92 Å². The van der Waals surface area contributed by atoms with Gasteiger partial charge >= 0.3 is 5.97 Å². The zero-order valence-electron chi connectivity index (χ0n) is 9.36. The highest BCUT2D eigenvalue weighted by atomic mass is 16.5. The smallest absolute Gasteiger partial charge is 0.311 e. The number of aliphatic carboxylic acids is 1. The standard InChI is InChI=1S/C10H18N2O4/c1-2-3-11-4-9(13)12-8-6-16-5-7(8)10(14)15/h7-8,11H,2-6H2,1H3,(H,12,13)(H,14,15). The lowest BCUT2D eigenvalue weighted by molar-refractivity contribution is -0.142. The Hall–Kier alpha value is -1.14. The molecule has 16 heavy (non-hydrogen) atoms. The molecule has 0 aliphatic carbocycles. The van der Waals surface area contributed by atoms with E-state index in [2.05, 4.69) is 10.6 Å². The largest absolute Gasteiger partial charge is 0.481 e. The molecule has 1 heterocycles. The van der Waals surface area contributed by atoms with Crippen LogP contribution >= 0.6 is 0 Å². The van der Waals surface area contributed by atoms with Crippen LogP contribution in [0.1, 0.15) is 13.3 Å². The lowest BCUT2D eigenvalue weighted by atomic mass is 10.0. The van der Waals surface area contributed by atoms with Crippen molar-refractivity contribution < 1.29 is 19.4 Å². The Morgan fingerprint density at radius 2 is 2.19 bits per heavy atom. The molecule has 1 saturated heterocycles. The molecule has 0 aromatic carbocycles. The van der Waals surface area contributed by atoms with Crippen LogP contribution in [0, 0.1) is 5.92 Å². The summed E-state index contributed by atoms with van der Waals surface area (Å²) in [5.41, 5.74) is 0. The van der Waals surface area contributed by atoms with Crippen molar-refractivity contribution in [3.8, 4) is 0 Å². The molecule has 1 rings (SSSR count). The van der Waals surface area contributed by atoms with E-state index in [1.807, 2.05) is 6.92 Å². The summed E-state index contributed by atoms with van der Waals surface area (Å²) >= 11 is 0. The van der Waals surface area contributed by atoms with Gasteiger partial charge in [0.15, 0.2) is 0 Å². The summed E-state index contributed by atoms with van der Waals surface area (Å²) in [5, 5.41) is 14.5. The normalized spacial score (nSPS) is 24.3. The van der Waals surface area contributed by atoms with Gasteiger partial charge in [-0.2, -0.15) is 0 Å². The Morgan fingerprint density at radius 3 is 2.81 bits per heavy atom. The van der Waals surface area contributed by atoms with Gasteiger partial charge < -0.3 is 20.5 Å². The van der Waals surface area contributed by atoms with Crippen molar-refractivity contribution in [2.75, 3.05) is 26.3 Å². The van der Waals surface area contributed by atoms with Crippen molar-refractivity contribution in [3.05, 3.63) is 0 Å². The van der Waals surface area contributed by atoms with Gasteiger partial charge in [0.1, 0.15) is 5.92 Å². The highest BCUT2D eigenvalue weighted by molar-refractivity contribution is 5.80. The van der Waals surface area contributed by atoms with E-state index in [1.54, 1.807) is 0 Å². The van der Waals surface area contributed by atoms with Gasteiger partial charge in [0, 0.05) is 0 Å². The Labute approximate surface area is 94.3 Å². The van der Waals surface area contributed by atoms with Crippen molar-refractivity contribution in [1.29, 1.82) is 0 Å². The second-order valence-corrected chi connectivity index (χ2v) is 3.83. The van der Waals surface area contributed by atoms with Crippen LogP contribution in [0.2, 0.25) is 0 Å². The maximum absolute atomic E-state index is 11.4. The van der Waals surface area contributed by atoms with Crippen LogP contribution in [0.25, 0.3) is 0 Å². The number of carboxylic acids is 1. The average Bonchev–Trinajstić information content (AvgIpc) is 2.66. The van der Waals surface area contributed by atoms with E-state index < -0.39 is 17.9 Å². The van der Waals surface area contributed by atoms with Crippen LogP contribution in [0.15, 0.2) is 0 Å². The number of rotatable bonds is 6. The molecule has 1 amide bonds. The number of carbonyl (C=O) groups is 2. The minimum Gasteiger partial charge on any atom is -0.481 e. The van der Waals surface area contributed by atoms with Crippen LogP contribution in [-0.2, 0) is 14.3 Å². The summed E-state index contributed by atoms with van der Waals surface area (Å²) in [6.07, 6.45) is 0.956. The predicted molar refractivity (Wildman–Crippen MR) is 57.0 cm³/mol. The number of amides is 1. The monoisotopic (exact) mass is 230 g/mol. The molecule has 3 N–H and O–H groups in total. The fraction of sp³-hybridized carbons (Fsp3) is 0.800. The highest BCUT2D eigenvalue weighted by Crippen LogP contribution is 2.13. The third-order valence-corrected chi connectivity index (χ3v) is 2.46. The molecule has 1 fully saturated rings. The SMILES string of the molecule is CCCNCC(=O)NC1COCC1C(=O)O. The molecule has 6 nitrogen and oxygen atoms in total. The topological polar surface area (TPSA) is 87.7 Å². The zero-order valence-corrected chi connectivity index (χ0v) is 9.36. The lowest BCUT2D eigenvalue weighted by Crippen LogP contribution is -2.45. The van der Waals surface area contributed by atoms with E-state index >= 15 is 0 Å². The van der Waals surface area contributed by atoms with E-state index in [4.69, 9.17) is 9.84 Å². The third kappa shape index (κ3) is 3.79. The molecule has 1 aliphatic rings. The van der Waals surface area contributed by atoms with E-state index in [-0.39, 0.29) is 25.7 Å². The van der Waals surface area contributed by atoms with Gasteiger partial charge in [0.05, 0.1) is 25.8 Å². The molecule has 0 spiro atoms. The molecule has 6 heteroatoms. The predicted octanol–water partition coefficient (Wildman–Crippen LogP) is -0.798. The van der Waals surface area contributed by atoms with Gasteiger partial charge in [0.25, 0.3) is 0 Å². The first-order chi connectivity index (χ1) is 7.65. The molecule has 92 valence electrons. The Balaban J connectivity index is 2.30. The van der Waals surface area contributed by atoms with Crippen LogP contribution < -0.4 is 10.6 Å². The molecule has 0 bridgehead atoms. The summed E-state index contributed by atoms with van der Waals surface area (Å²) in [4.78, 5) is 22.2. The average molecular weight is 230 g/mol.